The van der Waals surface area contributed by atoms with Gasteiger partial charge in [-0.25, -0.2) is 8.78 Å². The highest BCUT2D eigenvalue weighted by Gasteiger charge is 2.12. The summed E-state index contributed by atoms with van der Waals surface area (Å²) in [4.78, 5) is 7.44. The second-order valence-corrected chi connectivity index (χ2v) is 3.71. The third-order valence-corrected chi connectivity index (χ3v) is 2.30. The van der Waals surface area contributed by atoms with Gasteiger partial charge in [0.05, 0.1) is 0 Å². The van der Waals surface area contributed by atoms with E-state index in [0.29, 0.717) is 5.56 Å². The largest absolute Gasteiger partial charge is 0.383 e. The molecule has 7 heteroatoms. The van der Waals surface area contributed by atoms with Crippen LogP contribution >= 0.6 is 0 Å². The van der Waals surface area contributed by atoms with Crippen LogP contribution in [-0.4, -0.2) is 9.97 Å². The number of aromatic nitrogens is 2. The molecule has 1 aromatic carbocycles. The van der Waals surface area contributed by atoms with E-state index in [2.05, 4.69) is 15.3 Å². The molecule has 0 aliphatic carbocycles. The molecule has 0 unspecified atom stereocenters. The van der Waals surface area contributed by atoms with Crippen LogP contribution in [0.5, 0.6) is 0 Å². The third-order valence-electron chi connectivity index (χ3n) is 2.30. The fourth-order valence-corrected chi connectivity index (χ4v) is 1.45. The zero-order valence-electron chi connectivity index (χ0n) is 9.54. The van der Waals surface area contributed by atoms with E-state index in [9.17, 15) is 8.78 Å². The van der Waals surface area contributed by atoms with Crippen molar-refractivity contribution in [3.63, 3.8) is 0 Å². The van der Waals surface area contributed by atoms with Crippen molar-refractivity contribution in [2.24, 2.45) is 0 Å². The van der Waals surface area contributed by atoms with E-state index in [1.807, 2.05) is 0 Å². The van der Waals surface area contributed by atoms with Crippen LogP contribution in [0.1, 0.15) is 5.56 Å². The number of anilines is 4. The molecule has 18 heavy (non-hydrogen) atoms. The Balaban J connectivity index is 2.42. The standard InChI is InChI=1S/C11H11F2N5/c1-5-2-3-6(12)10(9(5)13)17-8-4-7(14)16-11(15)18-8/h2-4H,1H3,(H5,14,15,16,17,18). The Morgan fingerprint density at radius 3 is 2.56 bits per heavy atom. The number of rotatable bonds is 2. The number of halogens is 2. The number of aryl methyl sites for hydroxylation is 1. The number of nitrogens with one attached hydrogen (secondary N) is 1. The zero-order chi connectivity index (χ0) is 13.3. The highest BCUT2D eigenvalue weighted by molar-refractivity contribution is 5.61. The second-order valence-electron chi connectivity index (χ2n) is 3.71. The molecule has 0 aliphatic rings. The number of nitrogens with two attached hydrogens (primary N) is 2. The molecule has 1 aromatic heterocycles. The van der Waals surface area contributed by atoms with Crippen molar-refractivity contribution < 1.29 is 8.78 Å². The summed E-state index contributed by atoms with van der Waals surface area (Å²) in [6.45, 7) is 1.53. The maximum absolute atomic E-state index is 13.7. The van der Waals surface area contributed by atoms with Gasteiger partial charge in [0.1, 0.15) is 23.1 Å². The van der Waals surface area contributed by atoms with Gasteiger partial charge in [-0.15, -0.1) is 0 Å². The van der Waals surface area contributed by atoms with E-state index in [0.717, 1.165) is 6.07 Å². The van der Waals surface area contributed by atoms with Crippen LogP contribution in [0.2, 0.25) is 0 Å². The van der Waals surface area contributed by atoms with Crippen LogP contribution in [-0.2, 0) is 0 Å². The number of hydrogen-bond donors (Lipinski definition) is 3. The molecule has 0 fully saturated rings. The van der Waals surface area contributed by atoms with Crippen molar-refractivity contribution in [2.75, 3.05) is 16.8 Å². The molecule has 0 spiro atoms. The molecule has 94 valence electrons. The van der Waals surface area contributed by atoms with Crippen molar-refractivity contribution in [3.05, 3.63) is 35.4 Å². The highest BCUT2D eigenvalue weighted by atomic mass is 19.1. The van der Waals surface area contributed by atoms with E-state index in [4.69, 9.17) is 11.5 Å². The SMILES string of the molecule is Cc1ccc(F)c(Nc2cc(N)nc(N)n2)c1F. The first kappa shape index (κ1) is 12.0. The Morgan fingerprint density at radius 2 is 1.89 bits per heavy atom. The summed E-state index contributed by atoms with van der Waals surface area (Å²) in [6.07, 6.45) is 0. The van der Waals surface area contributed by atoms with Crippen LogP contribution < -0.4 is 16.8 Å². The number of nitrogen functional groups attached to an aromatic ring is 2. The average Bonchev–Trinajstić information content (AvgIpc) is 2.28. The molecular formula is C11H11F2N5. The molecule has 0 amide bonds. The van der Waals surface area contributed by atoms with E-state index >= 15 is 0 Å². The molecule has 5 N–H and O–H groups in total. The van der Waals surface area contributed by atoms with Gasteiger partial charge in [0, 0.05) is 6.07 Å². The van der Waals surface area contributed by atoms with Crippen molar-refractivity contribution in [1.82, 2.24) is 9.97 Å². The van der Waals surface area contributed by atoms with Gasteiger partial charge in [-0.2, -0.15) is 9.97 Å². The van der Waals surface area contributed by atoms with E-state index in [-0.39, 0.29) is 23.3 Å². The first-order chi connectivity index (χ1) is 8.47. The maximum atomic E-state index is 13.7. The normalized spacial score (nSPS) is 10.4. The molecule has 0 aliphatic heterocycles. The summed E-state index contributed by atoms with van der Waals surface area (Å²) >= 11 is 0. The number of hydrogen-bond acceptors (Lipinski definition) is 5. The second kappa shape index (κ2) is 4.44. The summed E-state index contributed by atoms with van der Waals surface area (Å²) in [6, 6.07) is 3.84. The van der Waals surface area contributed by atoms with Gasteiger partial charge in [-0.1, -0.05) is 6.07 Å². The van der Waals surface area contributed by atoms with Crippen LogP contribution in [0.15, 0.2) is 18.2 Å². The molecule has 0 saturated heterocycles. The Labute approximate surface area is 102 Å². The van der Waals surface area contributed by atoms with Gasteiger partial charge in [-0.3, -0.25) is 0 Å². The fourth-order valence-electron chi connectivity index (χ4n) is 1.45. The van der Waals surface area contributed by atoms with Crippen molar-refractivity contribution in [2.45, 2.75) is 6.92 Å². The van der Waals surface area contributed by atoms with Gasteiger partial charge in [-0.05, 0) is 18.6 Å². The molecule has 2 rings (SSSR count). The van der Waals surface area contributed by atoms with Gasteiger partial charge >= 0.3 is 0 Å². The van der Waals surface area contributed by atoms with Crippen molar-refractivity contribution >= 4 is 23.3 Å². The highest BCUT2D eigenvalue weighted by Crippen LogP contribution is 2.25. The summed E-state index contributed by atoms with van der Waals surface area (Å²) in [5, 5.41) is 2.50. The molecule has 2 aromatic rings. The van der Waals surface area contributed by atoms with Gasteiger partial charge in [0.2, 0.25) is 5.95 Å². The summed E-state index contributed by atoms with van der Waals surface area (Å²) in [7, 11) is 0. The molecule has 0 radical (unpaired) electrons. The fraction of sp³-hybridized carbons (Fsp3) is 0.0909. The smallest absolute Gasteiger partial charge is 0.223 e. The summed E-state index contributed by atoms with van der Waals surface area (Å²) in [5.41, 5.74) is 10.9. The lowest BCUT2D eigenvalue weighted by Crippen LogP contribution is -2.05. The summed E-state index contributed by atoms with van der Waals surface area (Å²) < 4.78 is 27.2. The van der Waals surface area contributed by atoms with Crippen molar-refractivity contribution in [3.8, 4) is 0 Å². The van der Waals surface area contributed by atoms with Gasteiger partial charge in [0.15, 0.2) is 5.82 Å². The molecule has 0 atom stereocenters. The van der Waals surface area contributed by atoms with Crippen LogP contribution in [0, 0.1) is 18.6 Å². The Morgan fingerprint density at radius 1 is 1.17 bits per heavy atom. The molecule has 0 bridgehead atoms. The Kier molecular flexibility index (Phi) is 2.97. The monoisotopic (exact) mass is 251 g/mol. The minimum Gasteiger partial charge on any atom is -0.383 e. The van der Waals surface area contributed by atoms with Crippen LogP contribution in [0.25, 0.3) is 0 Å². The minimum atomic E-state index is -0.728. The van der Waals surface area contributed by atoms with E-state index < -0.39 is 11.6 Å². The Hall–Kier alpha value is -2.44. The number of nitrogens with zero attached hydrogens (tertiary/aromatic N) is 2. The average molecular weight is 251 g/mol. The summed E-state index contributed by atoms with van der Waals surface area (Å²) in [5.74, 6) is -1.26. The van der Waals surface area contributed by atoms with Crippen LogP contribution in [0.4, 0.5) is 32.1 Å². The van der Waals surface area contributed by atoms with Crippen molar-refractivity contribution in [1.29, 1.82) is 0 Å². The lowest BCUT2D eigenvalue weighted by atomic mass is 10.2. The molecular weight excluding hydrogens is 240 g/mol. The molecule has 0 saturated carbocycles. The van der Waals surface area contributed by atoms with E-state index in [1.54, 1.807) is 0 Å². The maximum Gasteiger partial charge on any atom is 0.223 e. The predicted octanol–water partition coefficient (Wildman–Crippen LogP) is 1.97. The number of benzene rings is 1. The minimum absolute atomic E-state index is 0.0778. The predicted molar refractivity (Wildman–Crippen MR) is 65.2 cm³/mol. The topological polar surface area (TPSA) is 89.8 Å². The lowest BCUT2D eigenvalue weighted by molar-refractivity contribution is 0.584. The van der Waals surface area contributed by atoms with E-state index in [1.165, 1.54) is 19.1 Å². The lowest BCUT2D eigenvalue weighted by Gasteiger charge is -2.10. The Bertz CT molecular complexity index is 580. The van der Waals surface area contributed by atoms with Gasteiger partial charge < -0.3 is 16.8 Å². The quantitative estimate of drug-likeness (QED) is 0.759. The van der Waals surface area contributed by atoms with Crippen LogP contribution in [0.3, 0.4) is 0 Å². The third kappa shape index (κ3) is 2.29. The zero-order valence-corrected chi connectivity index (χ0v) is 9.54. The van der Waals surface area contributed by atoms with Gasteiger partial charge in [0.25, 0.3) is 0 Å². The first-order valence-corrected chi connectivity index (χ1v) is 5.09. The first-order valence-electron chi connectivity index (χ1n) is 5.09. The molecule has 5 nitrogen and oxygen atoms in total. The molecule has 1 heterocycles.